The molecule has 1 aliphatic rings. The second-order valence-corrected chi connectivity index (χ2v) is 6.88. The Kier molecular flexibility index (Phi) is 6.24. The van der Waals surface area contributed by atoms with Gasteiger partial charge >= 0.3 is 0 Å². The van der Waals surface area contributed by atoms with Gasteiger partial charge in [0.25, 0.3) is 5.91 Å². The topological polar surface area (TPSA) is 40.5 Å². The molecule has 1 atom stereocenters. The molecule has 1 unspecified atom stereocenters. The van der Waals surface area contributed by atoms with Crippen LogP contribution in [0.15, 0.2) is 40.4 Å². The summed E-state index contributed by atoms with van der Waals surface area (Å²) in [6.07, 6.45) is 5.09. The molecule has 120 valence electrons. The Hall–Kier alpha value is -0.650. The van der Waals surface area contributed by atoms with Crippen molar-refractivity contribution in [2.75, 3.05) is 10.2 Å². The molecule has 0 fully saturated rings. The van der Waals surface area contributed by atoms with Crippen LogP contribution >= 0.6 is 31.9 Å². The number of rotatable bonds is 7. The number of unbranched alkanes of at least 4 members (excludes halogenated alkanes) is 3. The summed E-state index contributed by atoms with van der Waals surface area (Å²) in [6, 6.07) is 9.30. The molecule has 0 saturated carbocycles. The van der Waals surface area contributed by atoms with Crippen LogP contribution in [0.25, 0.3) is 0 Å². The molecule has 0 aliphatic carbocycles. The normalized spacial score (nSPS) is 21.8. The highest BCUT2D eigenvalue weighted by Gasteiger charge is 2.49. The smallest absolute Gasteiger partial charge is 0.257 e. The quantitative estimate of drug-likeness (QED) is 0.501. The fourth-order valence-electron chi connectivity index (χ4n) is 2.71. The van der Waals surface area contributed by atoms with Crippen LogP contribution in [0.1, 0.15) is 39.0 Å². The van der Waals surface area contributed by atoms with Gasteiger partial charge in [0.2, 0.25) is 0 Å². The van der Waals surface area contributed by atoms with Crippen molar-refractivity contribution >= 4 is 43.5 Å². The van der Waals surface area contributed by atoms with Gasteiger partial charge in [-0.15, -0.1) is 0 Å². The third kappa shape index (κ3) is 3.31. The monoisotopic (exact) mass is 429 g/mol. The van der Waals surface area contributed by atoms with E-state index in [9.17, 15) is 9.90 Å². The summed E-state index contributed by atoms with van der Waals surface area (Å²) in [6.45, 7) is 2.16. The lowest BCUT2D eigenvalue weighted by molar-refractivity contribution is -0.116. The summed E-state index contributed by atoms with van der Waals surface area (Å²) >= 11 is 6.82. The molecule has 3 nitrogen and oxygen atoms in total. The van der Waals surface area contributed by atoms with E-state index in [1.54, 1.807) is 0 Å². The van der Waals surface area contributed by atoms with Crippen LogP contribution in [0.5, 0.6) is 0 Å². The SMILES string of the molecule is CCCCCCC1=C(Br)C(O)(CBr)N(c2ccccc2)C1=O. The summed E-state index contributed by atoms with van der Waals surface area (Å²) < 4.78 is 0.585. The van der Waals surface area contributed by atoms with Crippen LogP contribution in [-0.2, 0) is 4.79 Å². The zero-order valence-electron chi connectivity index (χ0n) is 12.7. The van der Waals surface area contributed by atoms with Crippen molar-refractivity contribution < 1.29 is 9.90 Å². The number of carbonyl (C=O) groups excluding carboxylic acids is 1. The number of hydrogen-bond acceptors (Lipinski definition) is 2. The van der Waals surface area contributed by atoms with E-state index in [0.717, 1.165) is 19.3 Å². The summed E-state index contributed by atoms with van der Waals surface area (Å²) in [5, 5.41) is 11.2. The lowest BCUT2D eigenvalue weighted by Crippen LogP contribution is -2.49. The predicted octanol–water partition coefficient (Wildman–Crippen LogP) is 4.74. The van der Waals surface area contributed by atoms with Crippen molar-refractivity contribution in [1.82, 2.24) is 0 Å². The number of aliphatic hydroxyl groups is 1. The van der Waals surface area contributed by atoms with Crippen molar-refractivity contribution in [3.63, 3.8) is 0 Å². The molecule has 1 amide bonds. The first-order valence-electron chi connectivity index (χ1n) is 7.63. The third-order valence-electron chi connectivity index (χ3n) is 3.93. The third-order valence-corrected chi connectivity index (χ3v) is 5.82. The molecule has 1 heterocycles. The fourth-order valence-corrected chi connectivity index (χ4v) is 4.30. The molecule has 0 aromatic heterocycles. The summed E-state index contributed by atoms with van der Waals surface area (Å²) in [5.74, 6) is -0.114. The molecule has 0 spiro atoms. The highest BCUT2D eigenvalue weighted by atomic mass is 79.9. The van der Waals surface area contributed by atoms with Gasteiger partial charge in [0.15, 0.2) is 5.72 Å². The van der Waals surface area contributed by atoms with Crippen LogP contribution < -0.4 is 4.90 Å². The van der Waals surface area contributed by atoms with Gasteiger partial charge in [-0.25, -0.2) is 0 Å². The summed E-state index contributed by atoms with van der Waals surface area (Å²) in [5.41, 5.74) is 0.0373. The van der Waals surface area contributed by atoms with Crippen LogP contribution in [0, 0.1) is 0 Å². The van der Waals surface area contributed by atoms with Gasteiger partial charge in [-0.1, -0.05) is 60.3 Å². The maximum atomic E-state index is 12.8. The number of anilines is 1. The highest BCUT2D eigenvalue weighted by molar-refractivity contribution is 9.12. The molecule has 2 rings (SSSR count). The lowest BCUT2D eigenvalue weighted by Gasteiger charge is -2.33. The second-order valence-electron chi connectivity index (χ2n) is 5.53. The average molecular weight is 431 g/mol. The first kappa shape index (κ1) is 17.7. The first-order valence-corrected chi connectivity index (χ1v) is 9.54. The molecule has 1 aliphatic heterocycles. The Morgan fingerprint density at radius 1 is 1.18 bits per heavy atom. The number of halogens is 2. The summed E-state index contributed by atoms with van der Waals surface area (Å²) in [7, 11) is 0. The van der Waals surface area contributed by atoms with Gasteiger partial charge in [0.1, 0.15) is 0 Å². The minimum absolute atomic E-state index is 0.114. The van der Waals surface area contributed by atoms with Crippen molar-refractivity contribution in [2.45, 2.75) is 44.8 Å². The van der Waals surface area contributed by atoms with Crippen molar-refractivity contribution in [3.05, 3.63) is 40.4 Å². The first-order chi connectivity index (χ1) is 10.6. The van der Waals surface area contributed by atoms with E-state index >= 15 is 0 Å². The minimum atomic E-state index is -1.35. The lowest BCUT2D eigenvalue weighted by atomic mass is 10.1. The number of amides is 1. The number of para-hydroxylation sites is 1. The van der Waals surface area contributed by atoms with E-state index in [0.29, 0.717) is 22.2 Å². The van der Waals surface area contributed by atoms with Crippen molar-refractivity contribution in [1.29, 1.82) is 0 Å². The maximum absolute atomic E-state index is 12.8. The van der Waals surface area contributed by atoms with Gasteiger partial charge in [0, 0.05) is 11.3 Å². The number of nitrogens with zero attached hydrogens (tertiary/aromatic N) is 1. The molecule has 1 aromatic carbocycles. The fraction of sp³-hybridized carbons (Fsp3) is 0.471. The number of carbonyl (C=O) groups is 1. The zero-order valence-corrected chi connectivity index (χ0v) is 15.9. The highest BCUT2D eigenvalue weighted by Crippen LogP contribution is 2.43. The van der Waals surface area contributed by atoms with Gasteiger partial charge in [-0.05, 0) is 40.9 Å². The van der Waals surface area contributed by atoms with Crippen LogP contribution in [0.4, 0.5) is 5.69 Å². The van der Waals surface area contributed by atoms with Gasteiger partial charge < -0.3 is 5.11 Å². The molecule has 0 saturated heterocycles. The molecular weight excluding hydrogens is 410 g/mol. The maximum Gasteiger partial charge on any atom is 0.257 e. The molecule has 5 heteroatoms. The van der Waals surface area contributed by atoms with E-state index in [4.69, 9.17) is 0 Å². The van der Waals surface area contributed by atoms with Crippen LogP contribution in [-0.4, -0.2) is 22.1 Å². The number of alkyl halides is 1. The Balaban J connectivity index is 2.26. The van der Waals surface area contributed by atoms with E-state index in [2.05, 4.69) is 38.8 Å². The van der Waals surface area contributed by atoms with E-state index in [-0.39, 0.29) is 11.2 Å². The van der Waals surface area contributed by atoms with Crippen molar-refractivity contribution in [3.8, 4) is 0 Å². The largest absolute Gasteiger partial charge is 0.365 e. The Morgan fingerprint density at radius 2 is 1.86 bits per heavy atom. The van der Waals surface area contributed by atoms with E-state index < -0.39 is 5.72 Å². The number of hydrogen-bond donors (Lipinski definition) is 1. The second kappa shape index (κ2) is 7.75. The molecule has 0 radical (unpaired) electrons. The minimum Gasteiger partial charge on any atom is -0.365 e. The van der Waals surface area contributed by atoms with E-state index in [1.165, 1.54) is 11.3 Å². The summed E-state index contributed by atoms with van der Waals surface area (Å²) in [4.78, 5) is 14.3. The standard InChI is InChI=1S/C17H21Br2NO2/c1-2-3-4-8-11-14-15(19)17(22,12-18)20(16(14)21)13-9-6-5-7-10-13/h5-7,9-10,22H,2-4,8,11-12H2,1H3. The van der Waals surface area contributed by atoms with E-state index in [1.807, 2.05) is 30.3 Å². The Morgan fingerprint density at radius 3 is 2.45 bits per heavy atom. The molecule has 0 bridgehead atoms. The zero-order chi connectivity index (χ0) is 16.2. The number of benzene rings is 1. The van der Waals surface area contributed by atoms with Gasteiger partial charge in [0.05, 0.1) is 9.81 Å². The van der Waals surface area contributed by atoms with Gasteiger partial charge in [-0.2, -0.15) is 0 Å². The molecular formula is C17H21Br2NO2. The van der Waals surface area contributed by atoms with Crippen LogP contribution in [0.3, 0.4) is 0 Å². The molecule has 1 aromatic rings. The van der Waals surface area contributed by atoms with Crippen LogP contribution in [0.2, 0.25) is 0 Å². The molecule has 22 heavy (non-hydrogen) atoms. The Bertz CT molecular complexity index is 559. The van der Waals surface area contributed by atoms with Gasteiger partial charge in [-0.3, -0.25) is 9.69 Å². The predicted molar refractivity (Wildman–Crippen MR) is 97.4 cm³/mol. The Labute approximate surface area is 148 Å². The average Bonchev–Trinajstić information content (AvgIpc) is 2.73. The van der Waals surface area contributed by atoms with Crippen molar-refractivity contribution in [2.24, 2.45) is 0 Å². The molecule has 1 N–H and O–H groups in total.